The van der Waals surface area contributed by atoms with Crippen LogP contribution in [0.1, 0.15) is 53.2 Å². The van der Waals surface area contributed by atoms with E-state index in [9.17, 15) is 14.4 Å². The van der Waals surface area contributed by atoms with Crippen LogP contribution in [0.3, 0.4) is 0 Å². The molecule has 0 radical (unpaired) electrons. The molecule has 1 atom stereocenters. The maximum absolute atomic E-state index is 13.0. The van der Waals surface area contributed by atoms with Crippen molar-refractivity contribution in [2.45, 2.75) is 44.6 Å². The Morgan fingerprint density at radius 3 is 2.28 bits per heavy atom. The van der Waals surface area contributed by atoms with E-state index in [0.29, 0.717) is 24.6 Å². The molecule has 8 nitrogen and oxygen atoms in total. The molecular formula is C28H28N4O4. The summed E-state index contributed by atoms with van der Waals surface area (Å²) in [5, 5.41) is 14.9. The van der Waals surface area contributed by atoms with Gasteiger partial charge < -0.3 is 20.6 Å². The number of carbonyl (C=O) groups is 3. The molecule has 1 aliphatic carbocycles. The van der Waals surface area contributed by atoms with Crippen molar-refractivity contribution < 1.29 is 19.5 Å². The lowest BCUT2D eigenvalue weighted by Crippen LogP contribution is -2.45. The molecule has 0 bridgehead atoms. The molecule has 3 N–H and O–H groups in total. The third-order valence-electron chi connectivity index (χ3n) is 6.82. The number of rotatable bonds is 6. The number of anilines is 2. The molecule has 2 heterocycles. The van der Waals surface area contributed by atoms with Gasteiger partial charge in [-0.15, -0.1) is 0 Å². The number of nitrogens with one attached hydrogen (secondary N) is 2. The molecule has 3 amide bonds. The topological polar surface area (TPSA) is 112 Å². The van der Waals surface area contributed by atoms with E-state index in [1.165, 1.54) is 36.2 Å². The molecule has 184 valence electrons. The first-order valence-corrected chi connectivity index (χ1v) is 12.2. The van der Waals surface area contributed by atoms with Crippen LogP contribution in [-0.4, -0.2) is 45.5 Å². The quantitative estimate of drug-likeness (QED) is 0.441. The summed E-state index contributed by atoms with van der Waals surface area (Å²) in [5.41, 5.74) is 5.51. The van der Waals surface area contributed by atoms with Crippen molar-refractivity contribution in [1.29, 1.82) is 0 Å². The minimum atomic E-state index is -1.07. The third-order valence-corrected chi connectivity index (χ3v) is 6.82. The van der Waals surface area contributed by atoms with Gasteiger partial charge >= 0.3 is 12.0 Å². The number of carboxylic acid groups (broad SMARTS) is 1. The largest absolute Gasteiger partial charge is 0.477 e. The average molecular weight is 485 g/mol. The lowest BCUT2D eigenvalue weighted by atomic mass is 10.0. The minimum Gasteiger partial charge on any atom is -0.477 e. The van der Waals surface area contributed by atoms with Crippen LogP contribution in [0.4, 0.5) is 16.2 Å². The van der Waals surface area contributed by atoms with E-state index < -0.39 is 12.0 Å². The highest BCUT2D eigenvalue weighted by Crippen LogP contribution is 2.42. The summed E-state index contributed by atoms with van der Waals surface area (Å²) in [6, 6.07) is 15.6. The molecule has 3 aromatic rings. The number of urea groups is 1. The van der Waals surface area contributed by atoms with Gasteiger partial charge in [0.15, 0.2) is 0 Å². The number of aromatic carboxylic acids is 1. The van der Waals surface area contributed by atoms with Crippen LogP contribution < -0.4 is 10.6 Å². The van der Waals surface area contributed by atoms with Crippen molar-refractivity contribution in [3.05, 3.63) is 77.6 Å². The molecule has 2 aliphatic rings. The molecule has 1 aromatic heterocycles. The summed E-state index contributed by atoms with van der Waals surface area (Å²) in [5.74, 6) is -0.636. The van der Waals surface area contributed by atoms with E-state index in [4.69, 9.17) is 5.11 Å². The van der Waals surface area contributed by atoms with E-state index in [2.05, 4.69) is 28.6 Å². The first kappa shape index (κ1) is 23.5. The first-order valence-electron chi connectivity index (χ1n) is 12.2. The van der Waals surface area contributed by atoms with Crippen molar-refractivity contribution in [3.8, 4) is 11.1 Å². The molecule has 36 heavy (non-hydrogen) atoms. The minimum absolute atomic E-state index is 0.0156. The number of likely N-dealkylation sites (tertiary alicyclic amines) is 1. The first-order chi connectivity index (χ1) is 17.4. The summed E-state index contributed by atoms with van der Waals surface area (Å²) in [7, 11) is 0. The highest BCUT2D eigenvalue weighted by atomic mass is 16.4. The SMILES string of the molecule is Cc1cc(NC(=O)N2CCC[C@@H]2C(=O)Nc2ccc(-c3ccc(C(=O)O)nc3)cc2)ccc1C1CC1. The number of carbonyl (C=O) groups excluding carboxylic acids is 2. The monoisotopic (exact) mass is 484 g/mol. The average Bonchev–Trinajstić information content (AvgIpc) is 3.58. The third kappa shape index (κ3) is 5.07. The number of hydrogen-bond donors (Lipinski definition) is 3. The second kappa shape index (κ2) is 9.81. The van der Waals surface area contributed by atoms with Crippen LogP contribution in [0.5, 0.6) is 0 Å². The molecule has 5 rings (SSSR count). The molecule has 2 fully saturated rings. The number of amides is 3. The van der Waals surface area contributed by atoms with Crippen LogP contribution in [-0.2, 0) is 4.79 Å². The van der Waals surface area contributed by atoms with E-state index in [-0.39, 0.29) is 17.6 Å². The molecule has 1 saturated carbocycles. The van der Waals surface area contributed by atoms with E-state index >= 15 is 0 Å². The molecule has 1 saturated heterocycles. The van der Waals surface area contributed by atoms with Crippen molar-refractivity contribution in [1.82, 2.24) is 9.88 Å². The Hall–Kier alpha value is -4.20. The predicted octanol–water partition coefficient (Wildman–Crippen LogP) is 5.27. The number of benzene rings is 2. The fourth-order valence-electron chi connectivity index (χ4n) is 4.75. The Kier molecular flexibility index (Phi) is 6.41. The van der Waals surface area contributed by atoms with Gasteiger partial charge in [0.2, 0.25) is 5.91 Å². The van der Waals surface area contributed by atoms with Gasteiger partial charge in [0.1, 0.15) is 11.7 Å². The fourth-order valence-corrected chi connectivity index (χ4v) is 4.75. The summed E-state index contributed by atoms with van der Waals surface area (Å²) in [6.07, 6.45) is 5.35. The summed E-state index contributed by atoms with van der Waals surface area (Å²) < 4.78 is 0. The van der Waals surface area contributed by atoms with Crippen molar-refractivity contribution in [2.24, 2.45) is 0 Å². The number of nitrogens with zero attached hydrogens (tertiary/aromatic N) is 2. The van der Waals surface area contributed by atoms with Gasteiger partial charge in [0.25, 0.3) is 0 Å². The second-order valence-corrected chi connectivity index (χ2v) is 9.43. The number of pyridine rings is 1. The van der Waals surface area contributed by atoms with Crippen LogP contribution in [0.15, 0.2) is 60.8 Å². The van der Waals surface area contributed by atoms with Gasteiger partial charge in [-0.25, -0.2) is 14.6 Å². The van der Waals surface area contributed by atoms with Crippen LogP contribution >= 0.6 is 0 Å². The van der Waals surface area contributed by atoms with Crippen LogP contribution in [0.25, 0.3) is 11.1 Å². The lowest BCUT2D eigenvalue weighted by molar-refractivity contribution is -0.119. The molecule has 8 heteroatoms. The van der Waals surface area contributed by atoms with Crippen molar-refractivity contribution in [2.75, 3.05) is 17.2 Å². The Bertz CT molecular complexity index is 1300. The second-order valence-electron chi connectivity index (χ2n) is 9.43. The smallest absolute Gasteiger partial charge is 0.354 e. The summed E-state index contributed by atoms with van der Waals surface area (Å²) >= 11 is 0. The van der Waals surface area contributed by atoms with Gasteiger partial charge in [0.05, 0.1) is 0 Å². The fraction of sp³-hybridized carbons (Fsp3) is 0.286. The van der Waals surface area contributed by atoms with E-state index in [1.807, 2.05) is 24.3 Å². The van der Waals surface area contributed by atoms with Gasteiger partial charge in [-0.3, -0.25) is 4.79 Å². The zero-order valence-corrected chi connectivity index (χ0v) is 20.0. The summed E-state index contributed by atoms with van der Waals surface area (Å²) in [4.78, 5) is 42.5. The Labute approximate surface area is 209 Å². The lowest BCUT2D eigenvalue weighted by Gasteiger charge is -2.24. The Balaban J connectivity index is 1.21. The molecule has 0 spiro atoms. The highest BCUT2D eigenvalue weighted by Gasteiger charge is 2.34. The highest BCUT2D eigenvalue weighted by molar-refractivity contribution is 5.99. The van der Waals surface area contributed by atoms with Gasteiger partial charge in [-0.05, 0) is 85.5 Å². The number of carboxylic acids is 1. The predicted molar refractivity (Wildman–Crippen MR) is 137 cm³/mol. The van der Waals surface area contributed by atoms with E-state index in [0.717, 1.165) is 23.2 Å². The Morgan fingerprint density at radius 2 is 1.64 bits per heavy atom. The van der Waals surface area contributed by atoms with Crippen molar-refractivity contribution >= 4 is 29.3 Å². The zero-order valence-electron chi connectivity index (χ0n) is 20.0. The molecule has 2 aromatic carbocycles. The standard InChI is InChI=1S/C28H28N4O4/c1-17-15-22(11-12-23(17)19-4-5-19)31-28(36)32-14-2-3-25(32)26(33)30-21-9-6-18(7-10-21)20-8-13-24(27(34)35)29-16-20/h6-13,15-16,19,25H,2-5,14H2,1H3,(H,30,33)(H,31,36)(H,34,35)/t25-/m1/s1. The zero-order chi connectivity index (χ0) is 25.2. The molecule has 1 aliphatic heterocycles. The normalized spacial score (nSPS) is 17.0. The van der Waals surface area contributed by atoms with Gasteiger partial charge in [-0.1, -0.05) is 24.3 Å². The maximum atomic E-state index is 13.0. The molecule has 0 unspecified atom stereocenters. The van der Waals surface area contributed by atoms with Gasteiger partial charge in [-0.2, -0.15) is 0 Å². The number of hydrogen-bond acceptors (Lipinski definition) is 4. The van der Waals surface area contributed by atoms with Crippen LogP contribution in [0.2, 0.25) is 0 Å². The van der Waals surface area contributed by atoms with E-state index in [1.54, 1.807) is 23.1 Å². The summed E-state index contributed by atoms with van der Waals surface area (Å²) in [6.45, 7) is 2.60. The van der Waals surface area contributed by atoms with Crippen LogP contribution in [0, 0.1) is 6.92 Å². The maximum Gasteiger partial charge on any atom is 0.354 e. The number of aryl methyl sites for hydroxylation is 1. The van der Waals surface area contributed by atoms with Gasteiger partial charge in [0, 0.05) is 29.7 Å². The number of aromatic nitrogens is 1. The Morgan fingerprint density at radius 1 is 0.917 bits per heavy atom. The van der Waals surface area contributed by atoms with Crippen molar-refractivity contribution in [3.63, 3.8) is 0 Å². The molecular weight excluding hydrogens is 456 g/mol.